The van der Waals surface area contributed by atoms with Crippen molar-refractivity contribution in [2.24, 2.45) is 0 Å². The van der Waals surface area contributed by atoms with Crippen LogP contribution >= 0.6 is 34.8 Å². The third-order valence-corrected chi connectivity index (χ3v) is 7.76. The minimum Gasteiger partial charge on any atom is -0.373 e. The molecule has 0 radical (unpaired) electrons. The molecule has 0 saturated heterocycles. The average Bonchev–Trinajstić information content (AvgIpc) is 3.27. The zero-order chi connectivity index (χ0) is 28.9. The number of benzene rings is 2. The largest absolute Gasteiger partial charge is 0.373 e. The number of aliphatic hydroxyl groups is 1. The molecular formula is C31H41Cl3N4O2. The molecule has 1 heterocycles. The van der Waals surface area contributed by atoms with Gasteiger partial charge >= 0.3 is 0 Å². The Balaban J connectivity index is 1.53. The second-order valence-corrected chi connectivity index (χ2v) is 11.4. The molecule has 0 aliphatic heterocycles. The normalized spacial score (nSPS) is 12.1. The van der Waals surface area contributed by atoms with E-state index in [1.165, 1.54) is 44.9 Å². The molecule has 1 atom stereocenters. The molecule has 3 N–H and O–H groups in total. The molecule has 3 rings (SSSR count). The first-order valence-electron chi connectivity index (χ1n) is 14.3. The smallest absolute Gasteiger partial charge is 0.220 e. The number of unbranched alkanes of at least 4 members (excludes halogenated alkanes) is 8. The Morgan fingerprint density at radius 1 is 0.900 bits per heavy atom. The lowest BCUT2D eigenvalue weighted by molar-refractivity contribution is -0.121. The Labute approximate surface area is 253 Å². The van der Waals surface area contributed by atoms with Crippen LogP contribution in [0.1, 0.15) is 88.6 Å². The van der Waals surface area contributed by atoms with E-state index in [2.05, 4.69) is 17.6 Å². The first-order valence-corrected chi connectivity index (χ1v) is 15.4. The molecular weight excluding hydrogens is 567 g/mol. The highest BCUT2D eigenvalue weighted by Gasteiger charge is 2.23. The second-order valence-electron chi connectivity index (χ2n) is 10.2. The molecule has 40 heavy (non-hydrogen) atoms. The fraction of sp³-hybridized carbons (Fsp3) is 0.484. The number of hydrogen-bond donors (Lipinski definition) is 3. The number of hydrogen-bond acceptors (Lipinski definition) is 4. The van der Waals surface area contributed by atoms with Crippen LogP contribution in [0.15, 0.2) is 42.5 Å². The van der Waals surface area contributed by atoms with Crippen LogP contribution in [0.4, 0.5) is 0 Å². The van der Waals surface area contributed by atoms with Crippen LogP contribution in [0.5, 0.6) is 0 Å². The molecule has 0 aliphatic rings. The minimum atomic E-state index is -1.03. The molecule has 0 fully saturated rings. The van der Waals surface area contributed by atoms with E-state index in [0.29, 0.717) is 46.0 Å². The van der Waals surface area contributed by atoms with Gasteiger partial charge in [0.05, 0.1) is 16.4 Å². The number of carbonyl (C=O) groups is 1. The third-order valence-electron chi connectivity index (χ3n) is 6.97. The van der Waals surface area contributed by atoms with Crippen molar-refractivity contribution in [2.75, 3.05) is 13.1 Å². The molecule has 218 valence electrons. The molecule has 0 saturated carbocycles. The molecule has 3 aromatic rings. The van der Waals surface area contributed by atoms with Crippen molar-refractivity contribution in [3.63, 3.8) is 0 Å². The van der Waals surface area contributed by atoms with E-state index >= 15 is 0 Å². The van der Waals surface area contributed by atoms with Crippen LogP contribution in [0.2, 0.25) is 15.1 Å². The zero-order valence-electron chi connectivity index (χ0n) is 23.5. The van der Waals surface area contributed by atoms with Crippen molar-refractivity contribution in [1.82, 2.24) is 20.4 Å². The predicted octanol–water partition coefficient (Wildman–Crippen LogP) is 8.43. The van der Waals surface area contributed by atoms with Gasteiger partial charge in [-0.05, 0) is 43.7 Å². The van der Waals surface area contributed by atoms with Crippen LogP contribution in [0.25, 0.3) is 16.9 Å². The maximum Gasteiger partial charge on any atom is 0.220 e. The first-order chi connectivity index (χ1) is 19.3. The third kappa shape index (κ3) is 9.78. The van der Waals surface area contributed by atoms with Gasteiger partial charge in [-0.25, -0.2) is 4.68 Å². The summed E-state index contributed by atoms with van der Waals surface area (Å²) in [6.45, 7) is 4.96. The fourth-order valence-corrected chi connectivity index (χ4v) is 5.35. The maximum absolute atomic E-state index is 12.2. The summed E-state index contributed by atoms with van der Waals surface area (Å²) in [4.78, 5) is 12.2. The lowest BCUT2D eigenvalue weighted by Gasteiger charge is -2.12. The Kier molecular flexibility index (Phi) is 13.8. The van der Waals surface area contributed by atoms with E-state index < -0.39 is 6.23 Å². The van der Waals surface area contributed by atoms with Crippen molar-refractivity contribution in [2.45, 2.75) is 84.3 Å². The Bertz CT molecular complexity index is 1210. The summed E-state index contributed by atoms with van der Waals surface area (Å²) in [5.41, 5.74) is 3.56. The fourth-order valence-electron chi connectivity index (χ4n) is 4.74. The Morgan fingerprint density at radius 3 is 2.17 bits per heavy atom. The van der Waals surface area contributed by atoms with Crippen molar-refractivity contribution >= 4 is 40.7 Å². The van der Waals surface area contributed by atoms with Gasteiger partial charge < -0.3 is 10.4 Å². The van der Waals surface area contributed by atoms with Gasteiger partial charge in [0.2, 0.25) is 5.91 Å². The number of nitrogens with zero attached hydrogens (tertiary/aromatic N) is 2. The van der Waals surface area contributed by atoms with Crippen LogP contribution < -0.4 is 10.6 Å². The number of amides is 1. The number of rotatable bonds is 17. The van der Waals surface area contributed by atoms with E-state index in [0.717, 1.165) is 29.7 Å². The molecule has 9 heteroatoms. The summed E-state index contributed by atoms with van der Waals surface area (Å²) in [5, 5.41) is 23.3. The topological polar surface area (TPSA) is 79.2 Å². The van der Waals surface area contributed by atoms with Crippen molar-refractivity contribution in [3.8, 4) is 16.9 Å². The number of aromatic nitrogens is 2. The molecule has 0 aliphatic carbocycles. The summed E-state index contributed by atoms with van der Waals surface area (Å²) < 4.78 is 1.71. The van der Waals surface area contributed by atoms with Gasteiger partial charge in [-0.15, -0.1) is 0 Å². The van der Waals surface area contributed by atoms with Crippen molar-refractivity contribution in [1.29, 1.82) is 0 Å². The molecule has 2 aromatic carbocycles. The van der Waals surface area contributed by atoms with Gasteiger partial charge in [0, 0.05) is 40.7 Å². The number of nitrogens with one attached hydrogen (secondary N) is 2. The number of halogens is 3. The monoisotopic (exact) mass is 606 g/mol. The van der Waals surface area contributed by atoms with Gasteiger partial charge in [0.1, 0.15) is 11.9 Å². The van der Waals surface area contributed by atoms with Gasteiger partial charge in [-0.2, -0.15) is 5.10 Å². The average molecular weight is 608 g/mol. The van der Waals surface area contributed by atoms with E-state index in [4.69, 9.17) is 39.9 Å². The molecule has 1 aromatic heterocycles. The van der Waals surface area contributed by atoms with Gasteiger partial charge in [0.15, 0.2) is 0 Å². The van der Waals surface area contributed by atoms with E-state index in [1.807, 2.05) is 31.2 Å². The van der Waals surface area contributed by atoms with Crippen LogP contribution in [-0.4, -0.2) is 33.9 Å². The van der Waals surface area contributed by atoms with Crippen LogP contribution in [0, 0.1) is 6.92 Å². The van der Waals surface area contributed by atoms with Crippen LogP contribution in [-0.2, 0) is 4.79 Å². The molecule has 6 nitrogen and oxygen atoms in total. The highest BCUT2D eigenvalue weighted by Crippen LogP contribution is 2.34. The number of carbonyl (C=O) groups excluding carboxylic acids is 1. The SMILES string of the molecule is CCCCCCCCCCCC(=O)NCCNC(O)c1nn(-c2ccc(Cl)cc2Cl)c(-c2ccc(Cl)cc2)c1C. The van der Waals surface area contributed by atoms with Gasteiger partial charge in [-0.3, -0.25) is 10.1 Å². The van der Waals surface area contributed by atoms with Crippen molar-refractivity contribution < 1.29 is 9.90 Å². The Morgan fingerprint density at radius 2 is 1.52 bits per heavy atom. The summed E-state index contributed by atoms with van der Waals surface area (Å²) in [6.07, 6.45) is 10.5. The summed E-state index contributed by atoms with van der Waals surface area (Å²) >= 11 is 18.8. The highest BCUT2D eigenvalue weighted by molar-refractivity contribution is 6.35. The summed E-state index contributed by atoms with van der Waals surface area (Å²) in [6, 6.07) is 12.6. The molecule has 1 unspecified atom stereocenters. The van der Waals surface area contributed by atoms with Crippen LogP contribution in [0.3, 0.4) is 0 Å². The van der Waals surface area contributed by atoms with E-state index in [-0.39, 0.29) is 5.91 Å². The quantitative estimate of drug-likeness (QED) is 0.106. The van der Waals surface area contributed by atoms with Gasteiger partial charge in [0.25, 0.3) is 0 Å². The first kappa shape index (κ1) is 32.4. The number of aliphatic hydroxyl groups excluding tert-OH is 1. The highest BCUT2D eigenvalue weighted by atomic mass is 35.5. The standard InChI is InChI=1S/C31H41Cl3N4O2/c1-3-4-5-6-7-8-9-10-11-12-28(39)35-19-20-36-31(40)29-22(2)30(23-13-15-24(32)16-14-23)38(37-29)27-18-17-25(33)21-26(27)34/h13-18,21,31,36,40H,3-12,19-20H2,1-2H3,(H,35,39). The minimum absolute atomic E-state index is 0.0436. The summed E-state index contributed by atoms with van der Waals surface area (Å²) in [5.74, 6) is 0.0436. The lowest BCUT2D eigenvalue weighted by Crippen LogP contribution is -2.33. The summed E-state index contributed by atoms with van der Waals surface area (Å²) in [7, 11) is 0. The van der Waals surface area contributed by atoms with E-state index in [1.54, 1.807) is 22.9 Å². The lowest BCUT2D eigenvalue weighted by atomic mass is 10.1. The predicted molar refractivity (Wildman–Crippen MR) is 167 cm³/mol. The second kappa shape index (κ2) is 17.0. The zero-order valence-corrected chi connectivity index (χ0v) is 25.8. The maximum atomic E-state index is 12.2. The van der Waals surface area contributed by atoms with Crippen molar-refractivity contribution in [3.05, 3.63) is 68.8 Å². The Hall–Kier alpha value is -2.09. The molecule has 1 amide bonds. The molecule has 0 bridgehead atoms. The van der Waals surface area contributed by atoms with Gasteiger partial charge in [-0.1, -0.05) is 105 Å². The van der Waals surface area contributed by atoms with E-state index in [9.17, 15) is 9.90 Å². The molecule has 0 spiro atoms.